The van der Waals surface area contributed by atoms with Gasteiger partial charge in [0.2, 0.25) is 0 Å². The molecule has 0 spiro atoms. The highest BCUT2D eigenvalue weighted by molar-refractivity contribution is 5.68. The van der Waals surface area contributed by atoms with Gasteiger partial charge in [0.05, 0.1) is 11.2 Å². The molecule has 0 saturated carbocycles. The van der Waals surface area contributed by atoms with Gasteiger partial charge in [-0.25, -0.2) is 4.98 Å². The van der Waals surface area contributed by atoms with Crippen LogP contribution in [-0.2, 0) is 0 Å². The fourth-order valence-electron chi connectivity index (χ4n) is 2.21. The number of imidazole rings is 1. The van der Waals surface area contributed by atoms with E-state index in [0.29, 0.717) is 0 Å². The van der Waals surface area contributed by atoms with E-state index in [9.17, 15) is 0 Å². The number of benzene rings is 1. The third-order valence-corrected chi connectivity index (χ3v) is 3.14. The largest absolute Gasteiger partial charge is 0.388 e. The zero-order chi connectivity index (χ0) is 12.5. The second kappa shape index (κ2) is 4.18. The fraction of sp³-hybridized carbons (Fsp3) is 0.133. The highest BCUT2D eigenvalue weighted by atomic mass is 15.0. The van der Waals surface area contributed by atoms with E-state index in [0.717, 1.165) is 28.3 Å². The Labute approximate surface area is 106 Å². The summed E-state index contributed by atoms with van der Waals surface area (Å²) in [5, 5.41) is 3.15. The van der Waals surface area contributed by atoms with E-state index >= 15 is 0 Å². The number of anilines is 1. The van der Waals surface area contributed by atoms with Crippen LogP contribution in [0.15, 0.2) is 48.7 Å². The average Bonchev–Trinajstić information content (AvgIpc) is 2.77. The molecule has 3 heteroatoms. The normalized spacial score (nSPS) is 10.8. The lowest BCUT2D eigenvalue weighted by Gasteiger charge is -2.04. The van der Waals surface area contributed by atoms with Gasteiger partial charge >= 0.3 is 0 Å². The Hall–Kier alpha value is -2.29. The molecule has 2 aromatic heterocycles. The zero-order valence-corrected chi connectivity index (χ0v) is 10.5. The second-order valence-corrected chi connectivity index (χ2v) is 4.31. The molecule has 18 heavy (non-hydrogen) atoms. The number of nitrogens with zero attached hydrogens (tertiary/aromatic N) is 2. The van der Waals surface area contributed by atoms with Gasteiger partial charge in [0.1, 0.15) is 5.82 Å². The fourth-order valence-corrected chi connectivity index (χ4v) is 2.21. The van der Waals surface area contributed by atoms with Crippen molar-refractivity contribution in [1.29, 1.82) is 0 Å². The predicted molar refractivity (Wildman–Crippen MR) is 74.9 cm³/mol. The number of hydrogen-bond donors (Lipinski definition) is 1. The second-order valence-electron chi connectivity index (χ2n) is 4.31. The molecule has 1 aromatic carbocycles. The minimum absolute atomic E-state index is 0.986. The third-order valence-electron chi connectivity index (χ3n) is 3.14. The van der Waals surface area contributed by atoms with Crippen molar-refractivity contribution < 1.29 is 0 Å². The van der Waals surface area contributed by atoms with E-state index in [-0.39, 0.29) is 0 Å². The lowest BCUT2D eigenvalue weighted by Crippen LogP contribution is -1.91. The molecule has 0 saturated heterocycles. The molecule has 0 aliphatic rings. The molecule has 1 N–H and O–H groups in total. The smallest absolute Gasteiger partial charge is 0.144 e. The van der Waals surface area contributed by atoms with Gasteiger partial charge in [-0.05, 0) is 31.2 Å². The average molecular weight is 237 g/mol. The van der Waals surface area contributed by atoms with Gasteiger partial charge in [0, 0.05) is 24.5 Å². The van der Waals surface area contributed by atoms with Gasteiger partial charge < -0.3 is 5.32 Å². The molecule has 0 amide bonds. The Kier molecular flexibility index (Phi) is 2.52. The summed E-state index contributed by atoms with van der Waals surface area (Å²) < 4.78 is 2.13. The number of fused-ring (bicyclic) bond motifs is 1. The Morgan fingerprint density at radius 3 is 2.83 bits per heavy atom. The summed E-state index contributed by atoms with van der Waals surface area (Å²) in [6, 6.07) is 14.4. The molecule has 0 fully saturated rings. The first-order valence-corrected chi connectivity index (χ1v) is 6.01. The summed E-state index contributed by atoms with van der Waals surface area (Å²) in [6.07, 6.45) is 2.05. The molecular formula is C15H15N3. The molecule has 0 aliphatic carbocycles. The van der Waals surface area contributed by atoms with Crippen LogP contribution in [0, 0.1) is 6.92 Å². The number of aryl methyl sites for hydroxylation is 1. The van der Waals surface area contributed by atoms with E-state index in [1.807, 2.05) is 38.2 Å². The lowest BCUT2D eigenvalue weighted by molar-refractivity contribution is 1.16. The van der Waals surface area contributed by atoms with Crippen LogP contribution in [-0.4, -0.2) is 16.4 Å². The van der Waals surface area contributed by atoms with Crippen molar-refractivity contribution in [3.8, 4) is 11.4 Å². The number of rotatable bonds is 2. The van der Waals surface area contributed by atoms with Crippen LogP contribution in [0.25, 0.3) is 16.9 Å². The summed E-state index contributed by atoms with van der Waals surface area (Å²) in [4.78, 5) is 4.67. The Balaban J connectivity index is 2.25. The number of nitrogens with one attached hydrogen (secondary N) is 1. The van der Waals surface area contributed by atoms with Gasteiger partial charge in [-0.3, -0.25) is 4.40 Å². The minimum atomic E-state index is 0.986. The Morgan fingerprint density at radius 2 is 2.00 bits per heavy atom. The Morgan fingerprint density at radius 1 is 1.11 bits per heavy atom. The maximum Gasteiger partial charge on any atom is 0.144 e. The molecule has 3 nitrogen and oxygen atoms in total. The quantitative estimate of drug-likeness (QED) is 0.740. The molecule has 90 valence electrons. The Bertz CT molecular complexity index is 698. The summed E-state index contributed by atoms with van der Waals surface area (Å²) >= 11 is 0. The van der Waals surface area contributed by atoms with E-state index in [1.165, 1.54) is 0 Å². The maximum atomic E-state index is 4.67. The van der Waals surface area contributed by atoms with Crippen molar-refractivity contribution in [3.05, 3.63) is 54.4 Å². The number of pyridine rings is 1. The van der Waals surface area contributed by atoms with Crippen LogP contribution in [0.4, 0.5) is 5.69 Å². The van der Waals surface area contributed by atoms with E-state index < -0.39 is 0 Å². The highest BCUT2D eigenvalue weighted by Gasteiger charge is 2.09. The lowest BCUT2D eigenvalue weighted by atomic mass is 10.2. The molecule has 0 radical (unpaired) electrons. The monoisotopic (exact) mass is 237 g/mol. The van der Waals surface area contributed by atoms with E-state index in [4.69, 9.17) is 0 Å². The molecule has 0 bridgehead atoms. The summed E-state index contributed by atoms with van der Waals surface area (Å²) in [7, 11) is 1.92. The molecular weight excluding hydrogens is 222 g/mol. The van der Waals surface area contributed by atoms with Gasteiger partial charge in [0.15, 0.2) is 0 Å². The standard InChI is InChI=1S/C15H15N3/c1-11-14-8-3-4-9-18(14)15(17-11)12-6-5-7-13(10-12)16-2/h3-10,16H,1-2H3. The van der Waals surface area contributed by atoms with Crippen molar-refractivity contribution in [2.45, 2.75) is 6.92 Å². The van der Waals surface area contributed by atoms with E-state index in [2.05, 4.69) is 39.1 Å². The summed E-state index contributed by atoms with van der Waals surface area (Å²) in [6.45, 7) is 2.04. The van der Waals surface area contributed by atoms with Crippen LogP contribution < -0.4 is 5.32 Å². The van der Waals surface area contributed by atoms with Gasteiger partial charge in [0.25, 0.3) is 0 Å². The minimum Gasteiger partial charge on any atom is -0.388 e. The predicted octanol–water partition coefficient (Wildman–Crippen LogP) is 3.35. The van der Waals surface area contributed by atoms with Crippen LogP contribution in [0.2, 0.25) is 0 Å². The van der Waals surface area contributed by atoms with Gasteiger partial charge in [-0.15, -0.1) is 0 Å². The van der Waals surface area contributed by atoms with Crippen LogP contribution in [0.1, 0.15) is 5.69 Å². The van der Waals surface area contributed by atoms with Crippen molar-refractivity contribution >= 4 is 11.2 Å². The maximum absolute atomic E-state index is 4.67. The number of hydrogen-bond acceptors (Lipinski definition) is 2. The van der Waals surface area contributed by atoms with Crippen LogP contribution in [0.3, 0.4) is 0 Å². The summed E-state index contributed by atoms with van der Waals surface area (Å²) in [5.74, 6) is 0.986. The van der Waals surface area contributed by atoms with E-state index in [1.54, 1.807) is 0 Å². The first-order valence-electron chi connectivity index (χ1n) is 6.01. The molecule has 0 unspecified atom stereocenters. The van der Waals surface area contributed by atoms with Gasteiger partial charge in [-0.2, -0.15) is 0 Å². The highest BCUT2D eigenvalue weighted by Crippen LogP contribution is 2.24. The molecule has 2 heterocycles. The molecule has 3 rings (SSSR count). The molecule has 0 atom stereocenters. The van der Waals surface area contributed by atoms with Crippen molar-refractivity contribution in [1.82, 2.24) is 9.38 Å². The van der Waals surface area contributed by atoms with Crippen LogP contribution in [0.5, 0.6) is 0 Å². The SMILES string of the molecule is CNc1cccc(-c2nc(C)c3ccccn23)c1. The number of aromatic nitrogens is 2. The molecule has 3 aromatic rings. The zero-order valence-electron chi connectivity index (χ0n) is 10.5. The van der Waals surface area contributed by atoms with Gasteiger partial charge in [-0.1, -0.05) is 18.2 Å². The third kappa shape index (κ3) is 1.64. The van der Waals surface area contributed by atoms with Crippen molar-refractivity contribution in [2.24, 2.45) is 0 Å². The van der Waals surface area contributed by atoms with Crippen LogP contribution >= 0.6 is 0 Å². The topological polar surface area (TPSA) is 29.3 Å². The van der Waals surface area contributed by atoms with Crippen molar-refractivity contribution in [3.63, 3.8) is 0 Å². The molecule has 0 aliphatic heterocycles. The first kappa shape index (κ1) is 10.8. The van der Waals surface area contributed by atoms with Crippen molar-refractivity contribution in [2.75, 3.05) is 12.4 Å². The summed E-state index contributed by atoms with van der Waals surface area (Å²) in [5.41, 5.74) is 4.43. The first-order chi connectivity index (χ1) is 8.79.